The average Bonchev–Trinajstić information content (AvgIpc) is 2.49. The summed E-state index contributed by atoms with van der Waals surface area (Å²) in [5, 5.41) is 0. The van der Waals surface area contributed by atoms with Gasteiger partial charge in [-0.25, -0.2) is 8.42 Å². The summed E-state index contributed by atoms with van der Waals surface area (Å²) in [6.07, 6.45) is -4.83. The van der Waals surface area contributed by atoms with E-state index in [9.17, 15) is 21.6 Å². The van der Waals surface area contributed by atoms with E-state index in [1.165, 1.54) is 12.1 Å². The van der Waals surface area contributed by atoms with Crippen LogP contribution in [0.25, 0.3) is 0 Å². The molecule has 2 aromatic rings. The van der Waals surface area contributed by atoms with Gasteiger partial charge in [0, 0.05) is 19.8 Å². The summed E-state index contributed by atoms with van der Waals surface area (Å²) in [6.45, 7) is 0. The molecule has 0 aliphatic rings. The molecular formula is C15H17F3N4O3S. The van der Waals surface area contributed by atoms with Gasteiger partial charge in [0.2, 0.25) is 0 Å². The first-order valence-corrected chi connectivity index (χ1v) is 8.62. The molecule has 7 nitrogen and oxygen atoms in total. The van der Waals surface area contributed by atoms with Crippen LogP contribution in [0.3, 0.4) is 0 Å². The van der Waals surface area contributed by atoms with E-state index in [2.05, 4.69) is 9.46 Å². The zero-order valence-electron chi connectivity index (χ0n) is 13.8. The lowest BCUT2D eigenvalue weighted by molar-refractivity contribution is -0.274. The van der Waals surface area contributed by atoms with Gasteiger partial charge in [0.1, 0.15) is 10.6 Å². The zero-order chi connectivity index (χ0) is 19.7. The second-order valence-corrected chi connectivity index (χ2v) is 7.17. The molecule has 0 amide bonds. The van der Waals surface area contributed by atoms with Crippen LogP contribution in [0.4, 0.5) is 35.9 Å². The minimum Gasteiger partial charge on any atom is -0.406 e. The first-order valence-electron chi connectivity index (χ1n) is 7.14. The van der Waals surface area contributed by atoms with Crippen LogP contribution in [0.15, 0.2) is 41.3 Å². The van der Waals surface area contributed by atoms with E-state index in [1.807, 2.05) is 0 Å². The van der Waals surface area contributed by atoms with Crippen molar-refractivity contribution in [2.75, 3.05) is 35.2 Å². The first kappa shape index (κ1) is 19.5. The standard InChI is InChI=1S/C15H17F3N4O3S/c1-22(2)13-7-11(19)12(20)8-14(13)26(23,24)21-9-3-5-10(6-4-9)25-15(16,17)18/h3-8,21H,19-20H2,1-2H3. The molecule has 0 saturated heterocycles. The van der Waals surface area contributed by atoms with E-state index in [4.69, 9.17) is 11.5 Å². The third-order valence-corrected chi connectivity index (χ3v) is 4.69. The molecular weight excluding hydrogens is 373 g/mol. The van der Waals surface area contributed by atoms with Crippen molar-refractivity contribution in [3.05, 3.63) is 36.4 Å². The molecule has 0 saturated carbocycles. The number of rotatable bonds is 5. The van der Waals surface area contributed by atoms with Crippen molar-refractivity contribution in [1.82, 2.24) is 0 Å². The van der Waals surface area contributed by atoms with Crippen molar-refractivity contribution in [2.45, 2.75) is 11.3 Å². The molecule has 2 aromatic carbocycles. The monoisotopic (exact) mass is 390 g/mol. The van der Waals surface area contributed by atoms with Crippen LogP contribution < -0.4 is 25.8 Å². The highest BCUT2D eigenvalue weighted by Gasteiger charge is 2.31. The lowest BCUT2D eigenvalue weighted by Gasteiger charge is -2.20. The van der Waals surface area contributed by atoms with Crippen LogP contribution in [-0.2, 0) is 10.0 Å². The number of sulfonamides is 1. The highest BCUT2D eigenvalue weighted by atomic mass is 32.2. The van der Waals surface area contributed by atoms with E-state index in [0.29, 0.717) is 5.69 Å². The minimum atomic E-state index is -4.83. The van der Waals surface area contributed by atoms with E-state index >= 15 is 0 Å². The summed E-state index contributed by atoms with van der Waals surface area (Å²) in [5.74, 6) is -0.467. The SMILES string of the molecule is CN(C)c1cc(N)c(N)cc1S(=O)(=O)Nc1ccc(OC(F)(F)F)cc1. The van der Waals surface area contributed by atoms with Crippen molar-refractivity contribution in [1.29, 1.82) is 0 Å². The molecule has 0 spiro atoms. The number of benzene rings is 2. The Morgan fingerprint density at radius 1 is 1.04 bits per heavy atom. The predicted molar refractivity (Wildman–Crippen MR) is 93.5 cm³/mol. The molecule has 0 unspecified atom stereocenters. The van der Waals surface area contributed by atoms with Crippen molar-refractivity contribution < 1.29 is 26.3 Å². The van der Waals surface area contributed by atoms with Gasteiger partial charge in [0.15, 0.2) is 0 Å². The van der Waals surface area contributed by atoms with Gasteiger partial charge in [-0.15, -0.1) is 13.2 Å². The highest BCUT2D eigenvalue weighted by molar-refractivity contribution is 7.92. The Kier molecular flexibility index (Phi) is 5.12. The lowest BCUT2D eigenvalue weighted by atomic mass is 10.2. The molecule has 0 fully saturated rings. The molecule has 0 bridgehead atoms. The van der Waals surface area contributed by atoms with Gasteiger partial charge in [-0.05, 0) is 36.4 Å². The maximum Gasteiger partial charge on any atom is 0.573 e. The van der Waals surface area contributed by atoms with Gasteiger partial charge < -0.3 is 21.1 Å². The Morgan fingerprint density at radius 3 is 2.08 bits per heavy atom. The summed E-state index contributed by atoms with van der Waals surface area (Å²) < 4.78 is 67.8. The van der Waals surface area contributed by atoms with Gasteiger partial charge in [-0.2, -0.15) is 0 Å². The molecule has 0 aliphatic heterocycles. The van der Waals surface area contributed by atoms with Gasteiger partial charge in [-0.3, -0.25) is 4.72 Å². The van der Waals surface area contributed by atoms with E-state index in [1.54, 1.807) is 19.0 Å². The van der Waals surface area contributed by atoms with E-state index in [-0.39, 0.29) is 22.0 Å². The molecule has 0 aliphatic carbocycles. The van der Waals surface area contributed by atoms with Crippen LogP contribution in [0, 0.1) is 0 Å². The number of nitrogens with one attached hydrogen (secondary N) is 1. The maximum atomic E-state index is 12.7. The smallest absolute Gasteiger partial charge is 0.406 e. The number of anilines is 4. The highest BCUT2D eigenvalue weighted by Crippen LogP contribution is 2.32. The number of hydrogen-bond donors (Lipinski definition) is 3. The topological polar surface area (TPSA) is 111 Å². The van der Waals surface area contributed by atoms with Crippen LogP contribution in [-0.4, -0.2) is 28.9 Å². The summed E-state index contributed by atoms with van der Waals surface area (Å²) in [7, 11) is -0.802. The fourth-order valence-corrected chi connectivity index (χ4v) is 3.46. The van der Waals surface area contributed by atoms with Crippen LogP contribution >= 0.6 is 0 Å². The summed E-state index contributed by atoms with van der Waals surface area (Å²) in [6, 6.07) is 6.92. The van der Waals surface area contributed by atoms with Crippen LogP contribution in [0.2, 0.25) is 0 Å². The maximum absolute atomic E-state index is 12.7. The molecule has 2 rings (SSSR count). The molecule has 0 radical (unpaired) electrons. The molecule has 11 heteroatoms. The summed E-state index contributed by atoms with van der Waals surface area (Å²) >= 11 is 0. The second kappa shape index (κ2) is 6.83. The minimum absolute atomic E-state index is 0.0552. The number of hydrogen-bond acceptors (Lipinski definition) is 6. The van der Waals surface area contributed by atoms with Gasteiger partial charge in [0.25, 0.3) is 10.0 Å². The Bertz CT molecular complexity index is 898. The Hall–Kier alpha value is -2.82. The molecule has 0 atom stereocenters. The van der Waals surface area contributed by atoms with Crippen molar-refractivity contribution in [2.24, 2.45) is 0 Å². The molecule has 26 heavy (non-hydrogen) atoms. The third kappa shape index (κ3) is 4.63. The van der Waals surface area contributed by atoms with Crippen molar-refractivity contribution in [3.63, 3.8) is 0 Å². The van der Waals surface area contributed by atoms with E-state index in [0.717, 1.165) is 24.3 Å². The molecule has 0 heterocycles. The van der Waals surface area contributed by atoms with Gasteiger partial charge >= 0.3 is 6.36 Å². The summed E-state index contributed by atoms with van der Waals surface area (Å²) in [5.41, 5.74) is 12.1. The Morgan fingerprint density at radius 2 is 1.58 bits per heavy atom. The molecule has 142 valence electrons. The fourth-order valence-electron chi connectivity index (χ4n) is 2.10. The average molecular weight is 390 g/mol. The van der Waals surface area contributed by atoms with E-state index < -0.39 is 22.1 Å². The summed E-state index contributed by atoms with van der Waals surface area (Å²) in [4.78, 5) is 1.43. The number of alkyl halides is 3. The number of nitrogen functional groups attached to an aromatic ring is 2. The second-order valence-electron chi connectivity index (χ2n) is 5.52. The number of nitrogens with zero attached hydrogens (tertiary/aromatic N) is 1. The first-order chi connectivity index (χ1) is 11.9. The molecule has 0 aromatic heterocycles. The number of halogens is 3. The third-order valence-electron chi connectivity index (χ3n) is 3.28. The van der Waals surface area contributed by atoms with Crippen LogP contribution in [0.1, 0.15) is 0 Å². The quantitative estimate of drug-likeness (QED) is 0.677. The number of nitrogens with two attached hydrogens (primary N) is 2. The fraction of sp³-hybridized carbons (Fsp3) is 0.200. The largest absolute Gasteiger partial charge is 0.573 e. The van der Waals surface area contributed by atoms with Gasteiger partial charge in [-0.1, -0.05) is 0 Å². The van der Waals surface area contributed by atoms with Crippen molar-refractivity contribution >= 4 is 32.8 Å². The normalized spacial score (nSPS) is 11.9. The zero-order valence-corrected chi connectivity index (χ0v) is 14.6. The van der Waals surface area contributed by atoms with Gasteiger partial charge in [0.05, 0.1) is 17.1 Å². The van der Waals surface area contributed by atoms with Crippen molar-refractivity contribution in [3.8, 4) is 5.75 Å². The Labute approximate surface area is 148 Å². The molecule has 5 N–H and O–H groups in total. The predicted octanol–water partition coefficient (Wildman–Crippen LogP) is 2.62. The lowest BCUT2D eigenvalue weighted by Crippen LogP contribution is -2.20. The van der Waals surface area contributed by atoms with Crippen LogP contribution in [0.5, 0.6) is 5.75 Å². The number of ether oxygens (including phenoxy) is 1. The Balaban J connectivity index is 2.33.